The first-order chi connectivity index (χ1) is 12.1. The van der Waals surface area contributed by atoms with Crippen molar-refractivity contribution in [3.05, 3.63) is 41.7 Å². The molecule has 0 bridgehead atoms. The summed E-state index contributed by atoms with van der Waals surface area (Å²) in [6.45, 7) is 7.25. The second-order valence-corrected chi connectivity index (χ2v) is 6.32. The minimum absolute atomic E-state index is 0.600. The molecule has 1 N–H and O–H groups in total. The van der Waals surface area contributed by atoms with Crippen LogP contribution < -0.4 is 10.2 Å². The average Bonchev–Trinajstić information content (AvgIpc) is 2.61. The summed E-state index contributed by atoms with van der Waals surface area (Å²) in [7, 11) is 2.01. The molecule has 6 nitrogen and oxygen atoms in total. The van der Waals surface area contributed by atoms with E-state index in [1.807, 2.05) is 7.05 Å². The highest BCUT2D eigenvalue weighted by molar-refractivity contribution is 5.86. The third kappa shape index (κ3) is 3.84. The lowest BCUT2D eigenvalue weighted by Gasteiger charge is -2.18. The number of hydrogen-bond acceptors (Lipinski definition) is 6. The van der Waals surface area contributed by atoms with Gasteiger partial charge < -0.3 is 10.2 Å². The smallest absolute Gasteiger partial charge is 0.229 e. The third-order valence-corrected chi connectivity index (χ3v) is 4.14. The van der Waals surface area contributed by atoms with Gasteiger partial charge in [0.15, 0.2) is 17.0 Å². The van der Waals surface area contributed by atoms with Crippen LogP contribution >= 0.6 is 0 Å². The van der Waals surface area contributed by atoms with Crippen LogP contribution in [0.2, 0.25) is 0 Å². The lowest BCUT2D eigenvalue weighted by Crippen LogP contribution is -2.21. The Morgan fingerprint density at radius 1 is 1.08 bits per heavy atom. The van der Waals surface area contributed by atoms with Gasteiger partial charge in [0.2, 0.25) is 5.95 Å². The van der Waals surface area contributed by atoms with Crippen LogP contribution in [0.15, 0.2) is 30.6 Å². The number of nitrogens with one attached hydrogen (secondary N) is 1. The van der Waals surface area contributed by atoms with Crippen molar-refractivity contribution in [1.82, 2.24) is 19.9 Å². The molecule has 0 amide bonds. The van der Waals surface area contributed by atoms with E-state index in [4.69, 9.17) is 4.98 Å². The Morgan fingerprint density at radius 2 is 1.88 bits per heavy atom. The molecule has 0 unspecified atom stereocenters. The van der Waals surface area contributed by atoms with Crippen LogP contribution in [0.25, 0.3) is 11.2 Å². The van der Waals surface area contributed by atoms with Crippen LogP contribution in [0, 0.1) is 13.8 Å². The summed E-state index contributed by atoms with van der Waals surface area (Å²) < 4.78 is 0. The van der Waals surface area contributed by atoms with Gasteiger partial charge in [0.25, 0.3) is 0 Å². The van der Waals surface area contributed by atoms with E-state index in [0.717, 1.165) is 30.6 Å². The van der Waals surface area contributed by atoms with Crippen LogP contribution in [0.5, 0.6) is 0 Å². The van der Waals surface area contributed by atoms with E-state index in [2.05, 4.69) is 64.1 Å². The predicted octanol–water partition coefficient (Wildman–Crippen LogP) is 4.02. The molecule has 2 aromatic heterocycles. The van der Waals surface area contributed by atoms with Crippen LogP contribution in [0.3, 0.4) is 0 Å². The summed E-state index contributed by atoms with van der Waals surface area (Å²) in [5, 5.41) is 3.41. The summed E-state index contributed by atoms with van der Waals surface area (Å²) in [5.74, 6) is 1.34. The van der Waals surface area contributed by atoms with Crippen molar-refractivity contribution >= 4 is 28.6 Å². The molecular formula is C19H24N6. The number of nitrogens with zero attached hydrogens (tertiary/aromatic N) is 5. The second kappa shape index (κ2) is 7.42. The number of benzene rings is 1. The second-order valence-electron chi connectivity index (χ2n) is 6.32. The molecule has 2 heterocycles. The summed E-state index contributed by atoms with van der Waals surface area (Å²) >= 11 is 0. The van der Waals surface area contributed by atoms with Gasteiger partial charge in [-0.15, -0.1) is 0 Å². The van der Waals surface area contributed by atoms with Gasteiger partial charge in [-0.3, -0.25) is 0 Å². The highest BCUT2D eigenvalue weighted by Gasteiger charge is 2.13. The normalized spacial score (nSPS) is 10.9. The summed E-state index contributed by atoms with van der Waals surface area (Å²) in [5.41, 5.74) is 4.68. The number of anilines is 3. The number of unbranched alkanes of at least 4 members (excludes halogenated alkanes) is 1. The first-order valence-corrected chi connectivity index (χ1v) is 8.62. The maximum atomic E-state index is 4.71. The van der Waals surface area contributed by atoms with E-state index in [9.17, 15) is 0 Å². The average molecular weight is 336 g/mol. The van der Waals surface area contributed by atoms with Gasteiger partial charge >= 0.3 is 0 Å². The van der Waals surface area contributed by atoms with Gasteiger partial charge in [0.1, 0.15) is 0 Å². The maximum absolute atomic E-state index is 4.71. The minimum atomic E-state index is 0.600. The fourth-order valence-electron chi connectivity index (χ4n) is 2.69. The number of rotatable bonds is 6. The van der Waals surface area contributed by atoms with E-state index >= 15 is 0 Å². The molecule has 0 aliphatic rings. The Morgan fingerprint density at radius 3 is 2.64 bits per heavy atom. The van der Waals surface area contributed by atoms with Crippen molar-refractivity contribution in [3.63, 3.8) is 0 Å². The Bertz CT molecular complexity index is 877. The first-order valence-electron chi connectivity index (χ1n) is 8.62. The Balaban J connectivity index is 2.02. The molecule has 6 heteroatoms. The lowest BCUT2D eigenvalue weighted by atomic mass is 10.1. The van der Waals surface area contributed by atoms with Crippen molar-refractivity contribution in [2.75, 3.05) is 23.8 Å². The van der Waals surface area contributed by atoms with Crippen molar-refractivity contribution in [3.8, 4) is 0 Å². The molecule has 3 rings (SSSR count). The highest BCUT2D eigenvalue weighted by atomic mass is 15.3. The Hall–Kier alpha value is -2.76. The third-order valence-electron chi connectivity index (χ3n) is 4.14. The summed E-state index contributed by atoms with van der Waals surface area (Å²) in [6.07, 6.45) is 5.55. The maximum Gasteiger partial charge on any atom is 0.229 e. The molecule has 0 atom stereocenters. The largest absolute Gasteiger partial charge is 0.344 e. The van der Waals surface area contributed by atoms with E-state index in [1.165, 1.54) is 5.56 Å². The van der Waals surface area contributed by atoms with Gasteiger partial charge in [-0.1, -0.05) is 31.0 Å². The van der Waals surface area contributed by atoms with Crippen molar-refractivity contribution < 1.29 is 0 Å². The summed E-state index contributed by atoms with van der Waals surface area (Å²) in [4.78, 5) is 20.1. The van der Waals surface area contributed by atoms with E-state index in [0.29, 0.717) is 22.9 Å². The fraction of sp³-hybridized carbons (Fsp3) is 0.368. The van der Waals surface area contributed by atoms with E-state index in [-0.39, 0.29) is 0 Å². The van der Waals surface area contributed by atoms with Gasteiger partial charge in [-0.05, 0) is 31.9 Å². The Labute approximate surface area is 148 Å². The number of aryl methyl sites for hydroxylation is 2. The van der Waals surface area contributed by atoms with E-state index in [1.54, 1.807) is 12.4 Å². The molecular weight excluding hydrogens is 312 g/mol. The SMILES string of the molecule is CCCCN(C)c1nc(Nc2ccc(C)cc2C)c2nccnc2n1. The predicted molar refractivity (Wildman–Crippen MR) is 103 cm³/mol. The molecule has 1 aromatic carbocycles. The van der Waals surface area contributed by atoms with Gasteiger partial charge in [0.05, 0.1) is 0 Å². The molecule has 0 radical (unpaired) electrons. The van der Waals surface area contributed by atoms with Crippen molar-refractivity contribution in [2.24, 2.45) is 0 Å². The first kappa shape index (κ1) is 17.1. The van der Waals surface area contributed by atoms with Gasteiger partial charge in [0, 0.05) is 31.7 Å². The zero-order valence-electron chi connectivity index (χ0n) is 15.2. The zero-order valence-corrected chi connectivity index (χ0v) is 15.2. The molecule has 0 aliphatic carbocycles. The quantitative estimate of drug-likeness (QED) is 0.733. The Kier molecular flexibility index (Phi) is 5.07. The highest BCUT2D eigenvalue weighted by Crippen LogP contribution is 2.26. The topological polar surface area (TPSA) is 66.8 Å². The van der Waals surface area contributed by atoms with Gasteiger partial charge in [-0.2, -0.15) is 9.97 Å². The van der Waals surface area contributed by atoms with Crippen molar-refractivity contribution in [2.45, 2.75) is 33.6 Å². The van der Waals surface area contributed by atoms with Gasteiger partial charge in [-0.25, -0.2) is 9.97 Å². The molecule has 3 aromatic rings. The molecule has 0 fully saturated rings. The standard InChI is InChI=1S/C19H24N6/c1-5-6-11-25(4)19-23-17-16(20-9-10-21-17)18(24-19)22-15-8-7-13(2)12-14(15)3/h7-10,12H,5-6,11H2,1-4H3,(H,21,22,23,24). The van der Waals surface area contributed by atoms with Crippen LogP contribution in [-0.2, 0) is 0 Å². The molecule has 0 spiro atoms. The monoisotopic (exact) mass is 336 g/mol. The van der Waals surface area contributed by atoms with Crippen molar-refractivity contribution in [1.29, 1.82) is 0 Å². The summed E-state index contributed by atoms with van der Waals surface area (Å²) in [6, 6.07) is 6.29. The minimum Gasteiger partial charge on any atom is -0.344 e. The van der Waals surface area contributed by atoms with Crippen LogP contribution in [0.4, 0.5) is 17.5 Å². The molecule has 25 heavy (non-hydrogen) atoms. The number of aromatic nitrogens is 4. The van der Waals surface area contributed by atoms with E-state index < -0.39 is 0 Å². The number of hydrogen-bond donors (Lipinski definition) is 1. The van der Waals surface area contributed by atoms with Crippen LogP contribution in [0.1, 0.15) is 30.9 Å². The molecule has 0 aliphatic heterocycles. The molecule has 0 saturated heterocycles. The fourth-order valence-corrected chi connectivity index (χ4v) is 2.69. The molecule has 0 saturated carbocycles. The molecule has 130 valence electrons. The zero-order chi connectivity index (χ0) is 17.8. The number of fused-ring (bicyclic) bond motifs is 1. The van der Waals surface area contributed by atoms with Crippen LogP contribution in [-0.4, -0.2) is 33.5 Å². The lowest BCUT2D eigenvalue weighted by molar-refractivity contribution is 0.751.